The van der Waals surface area contributed by atoms with Crippen LogP contribution in [0.5, 0.6) is 0 Å². The van der Waals surface area contributed by atoms with E-state index >= 15 is 0 Å². The van der Waals surface area contributed by atoms with Gasteiger partial charge < -0.3 is 15.6 Å². The highest BCUT2D eigenvalue weighted by Crippen LogP contribution is 2.23. The molecule has 7 heteroatoms. The Bertz CT molecular complexity index is 365. The van der Waals surface area contributed by atoms with Crippen LogP contribution in [-0.4, -0.2) is 45.8 Å². The molecule has 1 fully saturated rings. The number of carboxylic acids is 1. The zero-order chi connectivity index (χ0) is 10.8. The summed E-state index contributed by atoms with van der Waals surface area (Å²) in [6.07, 6.45) is 1.41. The van der Waals surface area contributed by atoms with E-state index in [0.29, 0.717) is 19.8 Å². The lowest BCUT2D eigenvalue weighted by molar-refractivity contribution is 0.0690. The topological polar surface area (TPSA) is 103 Å². The maximum Gasteiger partial charge on any atom is 0.358 e. The molecule has 15 heavy (non-hydrogen) atoms. The largest absolute Gasteiger partial charge is 0.476 e. The highest BCUT2D eigenvalue weighted by molar-refractivity contribution is 5.84. The van der Waals surface area contributed by atoms with Crippen LogP contribution in [0, 0.1) is 5.92 Å². The van der Waals surface area contributed by atoms with E-state index < -0.39 is 5.97 Å². The number of nitrogens with zero attached hydrogens (tertiary/aromatic N) is 3. The molecular weight excluding hydrogens is 200 g/mol. The third kappa shape index (κ3) is 1.83. The first kappa shape index (κ1) is 10.1. The Morgan fingerprint density at radius 3 is 3.13 bits per heavy atom. The minimum Gasteiger partial charge on any atom is -0.476 e. The highest BCUT2D eigenvalue weighted by Gasteiger charge is 2.30. The number of ether oxygens (including phenoxy) is 1. The standard InChI is InChI=1S/C8H12N4O3/c9-1-5-3-15-4-7(5)12-2-6(8(13)14)10-11-12/h2,5,7H,1,3-4,9H2,(H,13,14)/t5-,7-/m1/s1. The molecule has 0 radical (unpaired) electrons. The van der Waals surface area contributed by atoms with Crippen LogP contribution in [0.2, 0.25) is 0 Å². The summed E-state index contributed by atoms with van der Waals surface area (Å²) in [6.45, 7) is 1.58. The van der Waals surface area contributed by atoms with Gasteiger partial charge in [0.25, 0.3) is 0 Å². The summed E-state index contributed by atoms with van der Waals surface area (Å²) in [5.41, 5.74) is 5.51. The third-order valence-electron chi connectivity index (χ3n) is 2.54. The molecular formula is C8H12N4O3. The van der Waals surface area contributed by atoms with Crippen molar-refractivity contribution < 1.29 is 14.6 Å². The lowest BCUT2D eigenvalue weighted by Crippen LogP contribution is -2.25. The average Bonchev–Trinajstić information content (AvgIpc) is 2.85. The second-order valence-corrected chi connectivity index (χ2v) is 3.49. The first-order valence-corrected chi connectivity index (χ1v) is 4.65. The second kappa shape index (κ2) is 3.95. The van der Waals surface area contributed by atoms with Gasteiger partial charge in [0.05, 0.1) is 25.5 Å². The van der Waals surface area contributed by atoms with Gasteiger partial charge in [0.1, 0.15) is 0 Å². The molecule has 1 aliphatic heterocycles. The number of aromatic nitrogens is 3. The normalized spacial score (nSPS) is 25.7. The van der Waals surface area contributed by atoms with Gasteiger partial charge in [-0.25, -0.2) is 9.48 Å². The monoisotopic (exact) mass is 212 g/mol. The summed E-state index contributed by atoms with van der Waals surface area (Å²) in [4.78, 5) is 10.6. The molecule has 1 aromatic rings. The van der Waals surface area contributed by atoms with Crippen molar-refractivity contribution >= 4 is 5.97 Å². The van der Waals surface area contributed by atoms with Crippen LogP contribution in [-0.2, 0) is 4.74 Å². The zero-order valence-corrected chi connectivity index (χ0v) is 8.04. The van der Waals surface area contributed by atoms with Gasteiger partial charge in [-0.2, -0.15) is 0 Å². The molecule has 0 spiro atoms. The van der Waals surface area contributed by atoms with Gasteiger partial charge in [0.15, 0.2) is 5.69 Å². The highest BCUT2D eigenvalue weighted by atomic mass is 16.5. The van der Waals surface area contributed by atoms with E-state index in [1.807, 2.05) is 0 Å². The molecule has 0 unspecified atom stereocenters. The van der Waals surface area contributed by atoms with Gasteiger partial charge >= 0.3 is 5.97 Å². The Hall–Kier alpha value is -1.47. The number of hydrogen-bond acceptors (Lipinski definition) is 5. The van der Waals surface area contributed by atoms with Crippen molar-refractivity contribution in [3.63, 3.8) is 0 Å². The average molecular weight is 212 g/mol. The maximum absolute atomic E-state index is 10.6. The molecule has 2 heterocycles. The number of rotatable bonds is 3. The summed E-state index contributed by atoms with van der Waals surface area (Å²) in [5, 5.41) is 16.0. The SMILES string of the molecule is NC[C@@H]1COC[C@H]1n1cc(C(=O)O)nn1. The van der Waals surface area contributed by atoms with E-state index in [4.69, 9.17) is 15.6 Å². The van der Waals surface area contributed by atoms with E-state index in [1.54, 1.807) is 0 Å². The van der Waals surface area contributed by atoms with Crippen LogP contribution in [0.1, 0.15) is 16.5 Å². The van der Waals surface area contributed by atoms with Crippen LogP contribution in [0.4, 0.5) is 0 Å². The quantitative estimate of drug-likeness (QED) is 0.674. The first-order valence-electron chi connectivity index (χ1n) is 4.65. The molecule has 1 aromatic heterocycles. The van der Waals surface area contributed by atoms with E-state index in [9.17, 15) is 4.79 Å². The first-order chi connectivity index (χ1) is 7.22. The predicted octanol–water partition coefficient (Wildman–Crippen LogP) is -0.878. The van der Waals surface area contributed by atoms with Crippen molar-refractivity contribution in [2.24, 2.45) is 11.7 Å². The molecule has 1 saturated heterocycles. The lowest BCUT2D eigenvalue weighted by Gasteiger charge is -2.14. The van der Waals surface area contributed by atoms with Gasteiger partial charge in [0, 0.05) is 5.92 Å². The van der Waals surface area contributed by atoms with Crippen molar-refractivity contribution in [1.82, 2.24) is 15.0 Å². The Morgan fingerprint density at radius 1 is 1.73 bits per heavy atom. The van der Waals surface area contributed by atoms with Crippen LogP contribution >= 0.6 is 0 Å². The van der Waals surface area contributed by atoms with Crippen molar-refractivity contribution in [2.75, 3.05) is 19.8 Å². The van der Waals surface area contributed by atoms with Crippen LogP contribution in [0.25, 0.3) is 0 Å². The number of carbonyl (C=O) groups is 1. The summed E-state index contributed by atoms with van der Waals surface area (Å²) in [5.74, 6) is -0.905. The number of hydrogen-bond donors (Lipinski definition) is 2. The number of aromatic carboxylic acids is 1. The Balaban J connectivity index is 2.18. The third-order valence-corrected chi connectivity index (χ3v) is 2.54. The van der Waals surface area contributed by atoms with Gasteiger partial charge in [0.2, 0.25) is 0 Å². The Labute approximate surface area is 85.8 Å². The minimum absolute atomic E-state index is 0.00407. The van der Waals surface area contributed by atoms with Gasteiger partial charge in [-0.1, -0.05) is 5.21 Å². The van der Waals surface area contributed by atoms with Gasteiger partial charge in [-0.15, -0.1) is 5.10 Å². The van der Waals surface area contributed by atoms with Crippen LogP contribution < -0.4 is 5.73 Å². The summed E-state index contributed by atoms with van der Waals surface area (Å²) in [7, 11) is 0. The minimum atomic E-state index is -1.08. The second-order valence-electron chi connectivity index (χ2n) is 3.49. The van der Waals surface area contributed by atoms with Crippen LogP contribution in [0.15, 0.2) is 6.20 Å². The fourth-order valence-electron chi connectivity index (χ4n) is 1.64. The van der Waals surface area contributed by atoms with Crippen molar-refractivity contribution in [3.8, 4) is 0 Å². The van der Waals surface area contributed by atoms with E-state index in [2.05, 4.69) is 10.3 Å². The van der Waals surface area contributed by atoms with Crippen molar-refractivity contribution in [3.05, 3.63) is 11.9 Å². The molecule has 0 aliphatic carbocycles. The van der Waals surface area contributed by atoms with E-state index in [1.165, 1.54) is 10.9 Å². The van der Waals surface area contributed by atoms with Gasteiger partial charge in [-0.3, -0.25) is 0 Å². The Morgan fingerprint density at radius 2 is 2.53 bits per heavy atom. The molecule has 0 saturated carbocycles. The fourth-order valence-corrected chi connectivity index (χ4v) is 1.64. The molecule has 0 aromatic carbocycles. The molecule has 1 aliphatic rings. The smallest absolute Gasteiger partial charge is 0.358 e. The molecule has 2 atom stereocenters. The summed E-state index contributed by atoms with van der Waals surface area (Å²) in [6, 6.07) is -0.00407. The maximum atomic E-state index is 10.6. The summed E-state index contributed by atoms with van der Waals surface area (Å²) < 4.78 is 6.79. The van der Waals surface area contributed by atoms with E-state index in [0.717, 1.165) is 0 Å². The van der Waals surface area contributed by atoms with Crippen LogP contribution in [0.3, 0.4) is 0 Å². The Kier molecular flexibility index (Phi) is 2.65. The fraction of sp³-hybridized carbons (Fsp3) is 0.625. The van der Waals surface area contributed by atoms with Crippen molar-refractivity contribution in [2.45, 2.75) is 6.04 Å². The molecule has 2 rings (SSSR count). The zero-order valence-electron chi connectivity index (χ0n) is 8.04. The molecule has 0 amide bonds. The molecule has 7 nitrogen and oxygen atoms in total. The molecule has 3 N–H and O–H groups in total. The van der Waals surface area contributed by atoms with Crippen molar-refractivity contribution in [1.29, 1.82) is 0 Å². The lowest BCUT2D eigenvalue weighted by atomic mass is 10.0. The summed E-state index contributed by atoms with van der Waals surface area (Å²) >= 11 is 0. The van der Waals surface area contributed by atoms with E-state index in [-0.39, 0.29) is 17.7 Å². The molecule has 82 valence electrons. The molecule has 0 bridgehead atoms. The predicted molar refractivity (Wildman–Crippen MR) is 49.4 cm³/mol. The number of nitrogens with two attached hydrogens (primary N) is 1. The number of carboxylic acid groups (broad SMARTS) is 1. The van der Waals surface area contributed by atoms with Gasteiger partial charge in [-0.05, 0) is 6.54 Å².